The van der Waals surface area contributed by atoms with Gasteiger partial charge in [0.2, 0.25) is 5.41 Å². The summed E-state index contributed by atoms with van der Waals surface area (Å²) >= 11 is 0. The van der Waals surface area contributed by atoms with E-state index in [0.29, 0.717) is 5.56 Å². The monoisotopic (exact) mass is 349 g/mol. The second-order valence-corrected chi connectivity index (χ2v) is 6.13. The SMILES string of the molecule is C=C1C(C)(C)OC(c2ccc([N+](=O)[O-])cc2)C1(C(=O)OC)C(=O)OC. The van der Waals surface area contributed by atoms with Crippen molar-refractivity contribution in [3.8, 4) is 0 Å². The molecule has 2 rings (SSSR count). The number of benzene rings is 1. The number of methoxy groups -OCH3 is 2. The van der Waals surface area contributed by atoms with Crippen LogP contribution in [0.4, 0.5) is 5.69 Å². The summed E-state index contributed by atoms with van der Waals surface area (Å²) in [6.07, 6.45) is -1.09. The van der Waals surface area contributed by atoms with Crippen molar-refractivity contribution in [3.05, 3.63) is 52.1 Å². The molecular formula is C17H19NO7. The minimum absolute atomic E-state index is 0.124. The zero-order valence-electron chi connectivity index (χ0n) is 14.4. The molecule has 1 aliphatic rings. The Morgan fingerprint density at radius 3 is 2.04 bits per heavy atom. The number of esters is 2. The molecule has 0 aromatic heterocycles. The van der Waals surface area contributed by atoms with Gasteiger partial charge < -0.3 is 14.2 Å². The van der Waals surface area contributed by atoms with Crippen LogP contribution in [0.5, 0.6) is 0 Å². The highest BCUT2D eigenvalue weighted by molar-refractivity contribution is 6.05. The molecule has 0 amide bonds. The summed E-state index contributed by atoms with van der Waals surface area (Å²) in [5.74, 6) is -1.73. The molecule has 1 unspecified atom stereocenters. The van der Waals surface area contributed by atoms with Gasteiger partial charge in [-0.15, -0.1) is 0 Å². The maximum absolute atomic E-state index is 12.6. The molecule has 1 aliphatic heterocycles. The van der Waals surface area contributed by atoms with Crippen molar-refractivity contribution in [2.75, 3.05) is 14.2 Å². The summed E-state index contributed by atoms with van der Waals surface area (Å²) in [6.45, 7) is 7.22. The van der Waals surface area contributed by atoms with Crippen molar-refractivity contribution in [3.63, 3.8) is 0 Å². The fraction of sp³-hybridized carbons (Fsp3) is 0.412. The zero-order valence-corrected chi connectivity index (χ0v) is 14.4. The Bertz CT molecular complexity index is 720. The lowest BCUT2D eigenvalue weighted by Gasteiger charge is -2.29. The molecule has 1 saturated heterocycles. The molecule has 0 aliphatic carbocycles. The summed E-state index contributed by atoms with van der Waals surface area (Å²) in [5.41, 5.74) is -2.45. The molecule has 1 aromatic rings. The number of carbonyl (C=O) groups is 2. The molecule has 0 bridgehead atoms. The van der Waals surface area contributed by atoms with Gasteiger partial charge in [0.15, 0.2) is 0 Å². The molecule has 25 heavy (non-hydrogen) atoms. The fourth-order valence-electron chi connectivity index (χ4n) is 3.04. The standard InChI is InChI=1S/C17H19NO7/c1-10-16(2,3)25-13(11-6-8-12(9-7-11)18(21)22)17(10,14(19)23-4)15(20)24-5/h6-9,13H,1H2,2-5H3. The average molecular weight is 349 g/mol. The van der Waals surface area contributed by atoms with E-state index in [0.717, 1.165) is 14.2 Å². The van der Waals surface area contributed by atoms with Gasteiger partial charge in [0.1, 0.15) is 6.10 Å². The van der Waals surface area contributed by atoms with E-state index < -0.39 is 34.0 Å². The topological polar surface area (TPSA) is 105 Å². The first-order valence-electron chi connectivity index (χ1n) is 7.41. The van der Waals surface area contributed by atoms with E-state index in [4.69, 9.17) is 14.2 Å². The van der Waals surface area contributed by atoms with Crippen LogP contribution in [0.2, 0.25) is 0 Å². The first-order valence-corrected chi connectivity index (χ1v) is 7.41. The molecular weight excluding hydrogens is 330 g/mol. The molecule has 1 aromatic carbocycles. The molecule has 0 saturated carbocycles. The number of rotatable bonds is 4. The summed E-state index contributed by atoms with van der Waals surface area (Å²) in [5, 5.41) is 10.8. The van der Waals surface area contributed by atoms with Crippen molar-refractivity contribution in [2.45, 2.75) is 25.6 Å². The van der Waals surface area contributed by atoms with E-state index >= 15 is 0 Å². The van der Waals surface area contributed by atoms with Gasteiger partial charge >= 0.3 is 11.9 Å². The number of nitro benzene ring substituents is 1. The molecule has 1 heterocycles. The van der Waals surface area contributed by atoms with Crippen LogP contribution in [0.1, 0.15) is 25.5 Å². The number of hydrogen-bond donors (Lipinski definition) is 0. The third-order valence-corrected chi connectivity index (χ3v) is 4.43. The number of non-ortho nitro benzene ring substituents is 1. The first-order chi connectivity index (χ1) is 11.6. The second-order valence-electron chi connectivity index (χ2n) is 6.13. The first kappa shape index (κ1) is 18.6. The van der Waals surface area contributed by atoms with Crippen molar-refractivity contribution < 1.29 is 28.7 Å². The van der Waals surface area contributed by atoms with Crippen LogP contribution in [-0.2, 0) is 23.8 Å². The number of nitrogens with zero attached hydrogens (tertiary/aromatic N) is 1. The predicted molar refractivity (Wildman–Crippen MR) is 86.6 cm³/mol. The summed E-state index contributed by atoms with van der Waals surface area (Å²) in [6, 6.07) is 5.40. The summed E-state index contributed by atoms with van der Waals surface area (Å²) in [4.78, 5) is 35.5. The van der Waals surface area contributed by atoms with Gasteiger partial charge in [-0.25, -0.2) is 0 Å². The van der Waals surface area contributed by atoms with Crippen LogP contribution in [-0.4, -0.2) is 36.7 Å². The molecule has 1 atom stereocenters. The van der Waals surface area contributed by atoms with E-state index in [1.807, 2.05) is 0 Å². The quantitative estimate of drug-likeness (QED) is 0.270. The molecule has 134 valence electrons. The second kappa shape index (κ2) is 6.29. The molecule has 8 nitrogen and oxygen atoms in total. The molecule has 0 N–H and O–H groups in total. The van der Waals surface area contributed by atoms with E-state index in [-0.39, 0.29) is 11.3 Å². The Hall–Kier alpha value is -2.74. The maximum atomic E-state index is 12.6. The van der Waals surface area contributed by atoms with E-state index in [9.17, 15) is 19.7 Å². The summed E-state index contributed by atoms with van der Waals surface area (Å²) in [7, 11) is 2.30. The van der Waals surface area contributed by atoms with Gasteiger partial charge in [-0.2, -0.15) is 0 Å². The van der Waals surface area contributed by atoms with Crippen LogP contribution in [0.15, 0.2) is 36.4 Å². The number of ether oxygens (including phenoxy) is 3. The van der Waals surface area contributed by atoms with Crippen molar-refractivity contribution in [1.82, 2.24) is 0 Å². The van der Waals surface area contributed by atoms with Crippen LogP contribution < -0.4 is 0 Å². The maximum Gasteiger partial charge on any atom is 0.330 e. The smallest absolute Gasteiger partial charge is 0.330 e. The van der Waals surface area contributed by atoms with Gasteiger partial charge in [-0.3, -0.25) is 19.7 Å². The van der Waals surface area contributed by atoms with E-state index in [1.54, 1.807) is 13.8 Å². The van der Waals surface area contributed by atoms with Gasteiger partial charge in [0.05, 0.1) is 24.7 Å². The van der Waals surface area contributed by atoms with Crippen LogP contribution in [0, 0.1) is 15.5 Å². The van der Waals surface area contributed by atoms with Crippen LogP contribution >= 0.6 is 0 Å². The Kier molecular flexibility index (Phi) is 4.68. The number of carbonyl (C=O) groups excluding carboxylic acids is 2. The summed E-state index contributed by atoms with van der Waals surface area (Å²) < 4.78 is 15.6. The minimum Gasteiger partial charge on any atom is -0.468 e. The minimum atomic E-state index is -1.90. The Balaban J connectivity index is 2.67. The normalized spacial score (nSPS) is 20.8. The lowest BCUT2D eigenvalue weighted by Crippen LogP contribution is -2.45. The van der Waals surface area contributed by atoms with E-state index in [2.05, 4.69) is 6.58 Å². The highest BCUT2D eigenvalue weighted by atomic mass is 16.6. The lowest BCUT2D eigenvalue weighted by atomic mass is 9.71. The Labute approximate surface area is 144 Å². The molecule has 8 heteroatoms. The average Bonchev–Trinajstić information content (AvgIpc) is 2.81. The van der Waals surface area contributed by atoms with Crippen LogP contribution in [0.25, 0.3) is 0 Å². The number of hydrogen-bond acceptors (Lipinski definition) is 7. The molecule has 0 radical (unpaired) electrons. The van der Waals surface area contributed by atoms with Gasteiger partial charge in [0.25, 0.3) is 5.69 Å². The highest BCUT2D eigenvalue weighted by Gasteiger charge is 2.67. The third-order valence-electron chi connectivity index (χ3n) is 4.43. The highest BCUT2D eigenvalue weighted by Crippen LogP contribution is 2.56. The fourth-order valence-corrected chi connectivity index (χ4v) is 3.04. The Morgan fingerprint density at radius 1 is 1.16 bits per heavy atom. The molecule has 1 fully saturated rings. The predicted octanol–water partition coefficient (Wildman–Crippen LogP) is 2.33. The van der Waals surface area contributed by atoms with Gasteiger partial charge in [-0.05, 0) is 37.1 Å². The number of nitro groups is 1. The lowest BCUT2D eigenvalue weighted by molar-refractivity contribution is -0.384. The van der Waals surface area contributed by atoms with Crippen molar-refractivity contribution in [2.24, 2.45) is 5.41 Å². The Morgan fingerprint density at radius 2 is 1.64 bits per heavy atom. The van der Waals surface area contributed by atoms with Gasteiger partial charge in [-0.1, -0.05) is 6.58 Å². The van der Waals surface area contributed by atoms with Crippen molar-refractivity contribution >= 4 is 17.6 Å². The van der Waals surface area contributed by atoms with E-state index in [1.165, 1.54) is 24.3 Å². The zero-order chi connectivity index (χ0) is 19.0. The van der Waals surface area contributed by atoms with Crippen molar-refractivity contribution in [1.29, 1.82) is 0 Å². The van der Waals surface area contributed by atoms with Gasteiger partial charge in [0, 0.05) is 12.1 Å². The largest absolute Gasteiger partial charge is 0.468 e. The van der Waals surface area contributed by atoms with Crippen LogP contribution in [0.3, 0.4) is 0 Å². The third kappa shape index (κ3) is 2.68. The molecule has 0 spiro atoms.